The van der Waals surface area contributed by atoms with Crippen LogP contribution in [0.15, 0.2) is 47.5 Å². The molecule has 0 fully saturated rings. The number of aliphatic hydroxyl groups is 1. The maximum Gasteiger partial charge on any atom is 0.261 e. The Morgan fingerprint density at radius 3 is 2.95 bits per heavy atom. The van der Waals surface area contributed by atoms with E-state index < -0.39 is 6.10 Å². The van der Waals surface area contributed by atoms with Crippen molar-refractivity contribution in [1.82, 2.24) is 9.55 Å². The molecule has 0 aliphatic rings. The smallest absolute Gasteiger partial charge is 0.261 e. The van der Waals surface area contributed by atoms with Crippen LogP contribution >= 0.6 is 0 Å². The van der Waals surface area contributed by atoms with E-state index in [9.17, 15) is 14.7 Å². The average molecular weight is 301 g/mol. The third-order valence-corrected chi connectivity index (χ3v) is 3.27. The van der Waals surface area contributed by atoms with Gasteiger partial charge in [-0.25, -0.2) is 4.98 Å². The number of para-hydroxylation sites is 1. The van der Waals surface area contributed by atoms with Gasteiger partial charge in [0.2, 0.25) is 0 Å². The number of hydrogen-bond acceptors (Lipinski definition) is 5. The van der Waals surface area contributed by atoms with Crippen LogP contribution in [0.5, 0.6) is 0 Å². The second-order valence-electron chi connectivity index (χ2n) is 5.02. The van der Waals surface area contributed by atoms with E-state index in [0.717, 1.165) is 0 Å². The second kappa shape index (κ2) is 7.63. The van der Waals surface area contributed by atoms with Crippen molar-refractivity contribution in [2.75, 3.05) is 6.54 Å². The van der Waals surface area contributed by atoms with Gasteiger partial charge in [-0.1, -0.05) is 18.2 Å². The van der Waals surface area contributed by atoms with E-state index in [1.807, 2.05) is 0 Å². The molecular formula is C16H19N3O3. The molecule has 6 heteroatoms. The summed E-state index contributed by atoms with van der Waals surface area (Å²) in [6.07, 6.45) is 4.59. The Morgan fingerprint density at radius 2 is 2.18 bits per heavy atom. The molecule has 0 bridgehead atoms. The molecule has 0 saturated carbocycles. The highest BCUT2D eigenvalue weighted by Crippen LogP contribution is 2.04. The summed E-state index contributed by atoms with van der Waals surface area (Å²) in [5.41, 5.74) is 5.70. The Bertz CT molecular complexity index is 737. The lowest BCUT2D eigenvalue weighted by molar-refractivity contribution is -0.115. The number of aliphatic hydroxyl groups excluding tert-OH is 1. The number of carbonyl (C=O) groups is 1. The van der Waals surface area contributed by atoms with Gasteiger partial charge in [0.25, 0.3) is 5.56 Å². The van der Waals surface area contributed by atoms with E-state index in [2.05, 4.69) is 4.98 Å². The Hall–Kier alpha value is -2.31. The molecule has 1 aromatic heterocycles. The zero-order valence-electron chi connectivity index (χ0n) is 12.2. The van der Waals surface area contributed by atoms with Crippen molar-refractivity contribution in [3.05, 3.63) is 53.1 Å². The maximum atomic E-state index is 12.2. The van der Waals surface area contributed by atoms with Gasteiger partial charge in [-0.3, -0.25) is 14.2 Å². The Labute approximate surface area is 127 Å². The van der Waals surface area contributed by atoms with Crippen molar-refractivity contribution in [1.29, 1.82) is 0 Å². The van der Waals surface area contributed by atoms with Crippen LogP contribution in [-0.4, -0.2) is 33.1 Å². The highest BCUT2D eigenvalue weighted by Gasteiger charge is 2.06. The standard InChI is InChI=1S/C16H19N3O3/c17-9-3-4-12(20)7-8-13(21)10-19-11-18-15-6-2-1-5-14(15)16(19)22/h1-2,5-8,11-12,20H,3-4,9-10,17H2/b8-7+. The lowest BCUT2D eigenvalue weighted by Gasteiger charge is -2.05. The van der Waals surface area contributed by atoms with Crippen LogP contribution in [0.2, 0.25) is 0 Å². The van der Waals surface area contributed by atoms with E-state index in [-0.39, 0.29) is 17.9 Å². The number of benzene rings is 1. The summed E-state index contributed by atoms with van der Waals surface area (Å²) in [7, 11) is 0. The monoisotopic (exact) mass is 301 g/mol. The minimum atomic E-state index is -0.695. The molecular weight excluding hydrogens is 282 g/mol. The first kappa shape index (κ1) is 16.1. The van der Waals surface area contributed by atoms with E-state index in [1.54, 1.807) is 24.3 Å². The molecule has 1 heterocycles. The lowest BCUT2D eigenvalue weighted by Crippen LogP contribution is -2.24. The fraction of sp³-hybridized carbons (Fsp3) is 0.312. The fourth-order valence-corrected chi connectivity index (χ4v) is 2.08. The van der Waals surface area contributed by atoms with E-state index in [4.69, 9.17) is 5.73 Å². The third-order valence-electron chi connectivity index (χ3n) is 3.27. The lowest BCUT2D eigenvalue weighted by atomic mass is 10.1. The quantitative estimate of drug-likeness (QED) is 0.731. The number of nitrogens with zero attached hydrogens (tertiary/aromatic N) is 2. The Morgan fingerprint density at radius 1 is 1.41 bits per heavy atom. The van der Waals surface area contributed by atoms with Crippen LogP contribution in [0.25, 0.3) is 10.9 Å². The molecule has 0 spiro atoms. The summed E-state index contributed by atoms with van der Waals surface area (Å²) >= 11 is 0. The van der Waals surface area contributed by atoms with Crippen LogP contribution in [-0.2, 0) is 11.3 Å². The molecule has 1 atom stereocenters. The highest BCUT2D eigenvalue weighted by atomic mass is 16.3. The molecule has 0 radical (unpaired) electrons. The first-order valence-corrected chi connectivity index (χ1v) is 7.15. The van der Waals surface area contributed by atoms with Gasteiger partial charge in [-0.05, 0) is 37.6 Å². The van der Waals surface area contributed by atoms with E-state index >= 15 is 0 Å². The molecule has 116 valence electrons. The van der Waals surface area contributed by atoms with Crippen LogP contribution in [0, 0.1) is 0 Å². The van der Waals surface area contributed by atoms with Gasteiger partial charge >= 0.3 is 0 Å². The third kappa shape index (κ3) is 4.09. The summed E-state index contributed by atoms with van der Waals surface area (Å²) in [5, 5.41) is 10.1. The number of rotatable bonds is 7. The SMILES string of the molecule is NCCCC(O)/C=C/C(=O)Cn1cnc2ccccc2c1=O. The van der Waals surface area contributed by atoms with Crippen LogP contribution in [0.1, 0.15) is 12.8 Å². The van der Waals surface area contributed by atoms with Gasteiger partial charge in [-0.2, -0.15) is 0 Å². The zero-order chi connectivity index (χ0) is 15.9. The van der Waals surface area contributed by atoms with Gasteiger partial charge in [0, 0.05) is 0 Å². The summed E-state index contributed by atoms with van der Waals surface area (Å²) in [6, 6.07) is 6.98. The molecule has 1 aromatic carbocycles. The van der Waals surface area contributed by atoms with Gasteiger partial charge < -0.3 is 10.8 Å². The first-order valence-electron chi connectivity index (χ1n) is 7.15. The van der Waals surface area contributed by atoms with Crippen molar-refractivity contribution in [2.45, 2.75) is 25.5 Å². The number of nitrogens with two attached hydrogens (primary N) is 1. The minimum absolute atomic E-state index is 0.100. The predicted octanol–water partition coefficient (Wildman–Crippen LogP) is 0.622. The van der Waals surface area contributed by atoms with E-state index in [1.165, 1.54) is 23.0 Å². The normalized spacial score (nSPS) is 12.8. The number of fused-ring (bicyclic) bond motifs is 1. The topological polar surface area (TPSA) is 98.2 Å². The van der Waals surface area contributed by atoms with Crippen molar-refractivity contribution >= 4 is 16.7 Å². The van der Waals surface area contributed by atoms with Crippen LogP contribution in [0.4, 0.5) is 0 Å². The Balaban J connectivity index is 2.07. The Kier molecular flexibility index (Phi) is 5.57. The minimum Gasteiger partial charge on any atom is -0.389 e. The molecule has 6 nitrogen and oxygen atoms in total. The average Bonchev–Trinajstić information content (AvgIpc) is 2.54. The number of carbonyl (C=O) groups excluding carboxylic acids is 1. The largest absolute Gasteiger partial charge is 0.389 e. The zero-order valence-corrected chi connectivity index (χ0v) is 12.2. The highest BCUT2D eigenvalue weighted by molar-refractivity contribution is 5.89. The molecule has 1 unspecified atom stereocenters. The molecule has 0 aliphatic carbocycles. The number of aromatic nitrogens is 2. The van der Waals surface area contributed by atoms with Crippen molar-refractivity contribution < 1.29 is 9.90 Å². The molecule has 0 amide bonds. The van der Waals surface area contributed by atoms with Crippen molar-refractivity contribution in [3.8, 4) is 0 Å². The summed E-state index contributed by atoms with van der Waals surface area (Å²) in [5.74, 6) is -0.272. The second-order valence-corrected chi connectivity index (χ2v) is 5.02. The molecule has 2 rings (SSSR count). The van der Waals surface area contributed by atoms with Crippen LogP contribution in [0.3, 0.4) is 0 Å². The molecule has 0 saturated heterocycles. The number of allylic oxidation sites excluding steroid dienone is 1. The maximum absolute atomic E-state index is 12.2. The van der Waals surface area contributed by atoms with Gasteiger partial charge in [0.1, 0.15) is 0 Å². The summed E-state index contributed by atoms with van der Waals surface area (Å²) in [6.45, 7) is 0.397. The van der Waals surface area contributed by atoms with Crippen molar-refractivity contribution in [3.63, 3.8) is 0 Å². The van der Waals surface area contributed by atoms with Gasteiger partial charge in [0.15, 0.2) is 5.78 Å². The number of ketones is 1. The molecule has 0 aliphatic heterocycles. The first-order chi connectivity index (χ1) is 10.6. The van der Waals surface area contributed by atoms with E-state index in [0.29, 0.717) is 30.3 Å². The van der Waals surface area contributed by atoms with Gasteiger partial charge in [-0.15, -0.1) is 0 Å². The van der Waals surface area contributed by atoms with Gasteiger partial charge in [0.05, 0.1) is 29.9 Å². The van der Waals surface area contributed by atoms with Crippen molar-refractivity contribution in [2.24, 2.45) is 5.73 Å². The molecule has 22 heavy (non-hydrogen) atoms. The predicted molar refractivity (Wildman–Crippen MR) is 84.4 cm³/mol. The summed E-state index contributed by atoms with van der Waals surface area (Å²) < 4.78 is 1.27. The molecule has 3 N–H and O–H groups in total. The number of hydrogen-bond donors (Lipinski definition) is 2. The van der Waals surface area contributed by atoms with Crippen LogP contribution < -0.4 is 11.3 Å². The summed E-state index contributed by atoms with van der Waals surface area (Å²) in [4.78, 5) is 28.2. The molecule has 2 aromatic rings. The fourth-order valence-electron chi connectivity index (χ4n) is 2.08.